The first-order valence-corrected chi connectivity index (χ1v) is 8.36. The standard InChI is InChI=1S/C16H29N3/c1-16(2,19-7-5-17-6-8-19)10-18-15-13-11-3-4-12(9-11)14(13)15/h11-15,17-18H,3-10H2,1-2H3. The van der Waals surface area contributed by atoms with Gasteiger partial charge in [-0.2, -0.15) is 0 Å². The fourth-order valence-corrected chi connectivity index (χ4v) is 5.35. The Kier molecular flexibility index (Phi) is 2.95. The molecule has 108 valence electrons. The van der Waals surface area contributed by atoms with Crippen LogP contribution in [0.4, 0.5) is 0 Å². The van der Waals surface area contributed by atoms with E-state index in [-0.39, 0.29) is 0 Å². The Morgan fingerprint density at radius 1 is 1.11 bits per heavy atom. The zero-order chi connectivity index (χ0) is 13.0. The number of piperazine rings is 1. The highest BCUT2D eigenvalue weighted by Crippen LogP contribution is 2.65. The molecule has 2 bridgehead atoms. The van der Waals surface area contributed by atoms with Gasteiger partial charge in [0.1, 0.15) is 0 Å². The highest BCUT2D eigenvalue weighted by Gasteiger charge is 2.64. The predicted molar refractivity (Wildman–Crippen MR) is 78.1 cm³/mol. The second kappa shape index (κ2) is 4.44. The van der Waals surface area contributed by atoms with E-state index in [0.717, 1.165) is 42.8 Å². The molecule has 0 aromatic carbocycles. The molecular formula is C16H29N3. The summed E-state index contributed by atoms with van der Waals surface area (Å²) in [4.78, 5) is 2.66. The molecule has 0 aromatic heterocycles. The molecule has 4 unspecified atom stereocenters. The van der Waals surface area contributed by atoms with Crippen LogP contribution in [0.2, 0.25) is 0 Å². The van der Waals surface area contributed by atoms with Crippen LogP contribution in [-0.2, 0) is 0 Å². The third-order valence-corrected chi connectivity index (χ3v) is 6.48. The molecule has 3 heteroatoms. The lowest BCUT2D eigenvalue weighted by molar-refractivity contribution is 0.101. The van der Waals surface area contributed by atoms with Gasteiger partial charge in [0.15, 0.2) is 0 Å². The molecule has 0 spiro atoms. The minimum absolute atomic E-state index is 0.317. The highest BCUT2D eigenvalue weighted by molar-refractivity contribution is 5.17. The quantitative estimate of drug-likeness (QED) is 0.801. The van der Waals surface area contributed by atoms with Crippen molar-refractivity contribution in [1.29, 1.82) is 0 Å². The number of fused-ring (bicyclic) bond motifs is 5. The first-order valence-electron chi connectivity index (χ1n) is 8.36. The molecule has 0 aromatic rings. The monoisotopic (exact) mass is 263 g/mol. The second-order valence-corrected chi connectivity index (χ2v) is 7.94. The molecule has 3 saturated carbocycles. The average Bonchev–Trinajstić information content (AvgIpc) is 2.81. The van der Waals surface area contributed by atoms with Crippen molar-refractivity contribution in [3.8, 4) is 0 Å². The Morgan fingerprint density at radius 2 is 1.74 bits per heavy atom. The molecule has 19 heavy (non-hydrogen) atoms. The predicted octanol–water partition coefficient (Wildman–Crippen LogP) is 1.30. The van der Waals surface area contributed by atoms with E-state index in [1.54, 1.807) is 6.42 Å². The molecule has 2 N–H and O–H groups in total. The largest absolute Gasteiger partial charge is 0.314 e. The van der Waals surface area contributed by atoms with Crippen LogP contribution in [0.15, 0.2) is 0 Å². The van der Waals surface area contributed by atoms with E-state index in [1.165, 1.54) is 32.5 Å². The number of nitrogens with zero attached hydrogens (tertiary/aromatic N) is 1. The van der Waals surface area contributed by atoms with Crippen LogP contribution in [-0.4, -0.2) is 49.2 Å². The van der Waals surface area contributed by atoms with Crippen molar-refractivity contribution in [2.75, 3.05) is 32.7 Å². The number of hydrogen-bond acceptors (Lipinski definition) is 3. The van der Waals surface area contributed by atoms with Gasteiger partial charge >= 0.3 is 0 Å². The van der Waals surface area contributed by atoms with Crippen molar-refractivity contribution in [1.82, 2.24) is 15.5 Å². The van der Waals surface area contributed by atoms with Gasteiger partial charge in [-0.15, -0.1) is 0 Å². The summed E-state index contributed by atoms with van der Waals surface area (Å²) in [6.45, 7) is 10.7. The van der Waals surface area contributed by atoms with E-state index >= 15 is 0 Å². The minimum atomic E-state index is 0.317. The smallest absolute Gasteiger partial charge is 0.0278 e. The number of nitrogens with one attached hydrogen (secondary N) is 2. The fraction of sp³-hybridized carbons (Fsp3) is 1.00. The lowest BCUT2D eigenvalue weighted by atomic mass is 10.0. The number of rotatable bonds is 4. The molecule has 0 amide bonds. The Bertz CT molecular complexity index is 332. The molecule has 4 atom stereocenters. The lowest BCUT2D eigenvalue weighted by Gasteiger charge is -2.41. The van der Waals surface area contributed by atoms with Crippen molar-refractivity contribution in [2.45, 2.75) is 44.7 Å². The van der Waals surface area contributed by atoms with Gasteiger partial charge < -0.3 is 10.6 Å². The van der Waals surface area contributed by atoms with Crippen LogP contribution < -0.4 is 10.6 Å². The highest BCUT2D eigenvalue weighted by atomic mass is 15.3. The number of hydrogen-bond donors (Lipinski definition) is 2. The Hall–Kier alpha value is -0.120. The van der Waals surface area contributed by atoms with Crippen molar-refractivity contribution in [3.05, 3.63) is 0 Å². The zero-order valence-corrected chi connectivity index (χ0v) is 12.5. The van der Waals surface area contributed by atoms with Crippen molar-refractivity contribution >= 4 is 0 Å². The Labute approximate surface area is 117 Å². The van der Waals surface area contributed by atoms with E-state index in [1.807, 2.05) is 0 Å². The van der Waals surface area contributed by atoms with Crippen LogP contribution in [0.3, 0.4) is 0 Å². The topological polar surface area (TPSA) is 27.3 Å². The van der Waals surface area contributed by atoms with Crippen molar-refractivity contribution in [2.24, 2.45) is 23.7 Å². The van der Waals surface area contributed by atoms with Crippen LogP contribution in [0, 0.1) is 23.7 Å². The third kappa shape index (κ3) is 2.05. The van der Waals surface area contributed by atoms with E-state index < -0.39 is 0 Å². The van der Waals surface area contributed by atoms with Gasteiger partial charge in [-0.3, -0.25) is 4.90 Å². The average molecular weight is 263 g/mol. The summed E-state index contributed by atoms with van der Waals surface area (Å²) in [6.07, 6.45) is 4.63. The molecule has 3 aliphatic carbocycles. The van der Waals surface area contributed by atoms with Crippen molar-refractivity contribution < 1.29 is 0 Å². The van der Waals surface area contributed by atoms with Crippen LogP contribution >= 0.6 is 0 Å². The molecule has 1 heterocycles. The first kappa shape index (κ1) is 12.6. The Balaban J connectivity index is 1.30. The second-order valence-electron chi connectivity index (χ2n) is 7.94. The molecule has 4 aliphatic rings. The maximum atomic E-state index is 3.93. The SMILES string of the molecule is CC(C)(CNC1C2C3CCC(C3)C12)N1CCNCC1. The summed E-state index contributed by atoms with van der Waals surface area (Å²) < 4.78 is 0. The molecule has 1 aliphatic heterocycles. The molecule has 4 rings (SSSR count). The minimum Gasteiger partial charge on any atom is -0.314 e. The molecule has 0 radical (unpaired) electrons. The summed E-state index contributed by atoms with van der Waals surface area (Å²) in [5.74, 6) is 4.32. The summed E-state index contributed by atoms with van der Waals surface area (Å²) in [7, 11) is 0. The summed E-state index contributed by atoms with van der Waals surface area (Å²) in [6, 6.07) is 0.883. The molecule has 3 nitrogen and oxygen atoms in total. The van der Waals surface area contributed by atoms with Gasteiger partial charge in [0, 0.05) is 44.3 Å². The van der Waals surface area contributed by atoms with Crippen LogP contribution in [0.1, 0.15) is 33.1 Å². The molecule has 4 fully saturated rings. The van der Waals surface area contributed by atoms with E-state index in [0.29, 0.717) is 5.54 Å². The summed E-state index contributed by atoms with van der Waals surface area (Å²) in [5, 5.41) is 7.39. The maximum absolute atomic E-state index is 3.93. The first-order chi connectivity index (χ1) is 9.17. The van der Waals surface area contributed by atoms with E-state index in [4.69, 9.17) is 0 Å². The third-order valence-electron chi connectivity index (χ3n) is 6.48. The van der Waals surface area contributed by atoms with Gasteiger partial charge in [0.2, 0.25) is 0 Å². The fourth-order valence-electron chi connectivity index (χ4n) is 5.35. The van der Waals surface area contributed by atoms with E-state index in [2.05, 4.69) is 29.4 Å². The van der Waals surface area contributed by atoms with Crippen LogP contribution in [0.25, 0.3) is 0 Å². The Morgan fingerprint density at radius 3 is 2.37 bits per heavy atom. The van der Waals surface area contributed by atoms with Gasteiger partial charge in [0.25, 0.3) is 0 Å². The summed E-state index contributed by atoms with van der Waals surface area (Å²) in [5.41, 5.74) is 0.317. The van der Waals surface area contributed by atoms with Gasteiger partial charge in [-0.05, 0) is 56.8 Å². The summed E-state index contributed by atoms with van der Waals surface area (Å²) >= 11 is 0. The van der Waals surface area contributed by atoms with Crippen LogP contribution in [0.5, 0.6) is 0 Å². The zero-order valence-electron chi connectivity index (χ0n) is 12.5. The van der Waals surface area contributed by atoms with Crippen molar-refractivity contribution in [3.63, 3.8) is 0 Å². The normalized spacial score (nSPS) is 45.5. The van der Waals surface area contributed by atoms with Gasteiger partial charge in [0.05, 0.1) is 0 Å². The van der Waals surface area contributed by atoms with Gasteiger partial charge in [-0.1, -0.05) is 0 Å². The maximum Gasteiger partial charge on any atom is 0.0278 e. The lowest BCUT2D eigenvalue weighted by Crippen LogP contribution is -2.57. The molecular weight excluding hydrogens is 234 g/mol. The van der Waals surface area contributed by atoms with Gasteiger partial charge in [-0.25, -0.2) is 0 Å². The molecule has 1 saturated heterocycles. The van der Waals surface area contributed by atoms with E-state index in [9.17, 15) is 0 Å².